The van der Waals surface area contributed by atoms with Crippen LogP contribution in [0.5, 0.6) is 5.75 Å². The Morgan fingerprint density at radius 2 is 2.11 bits per heavy atom. The highest BCUT2D eigenvalue weighted by Crippen LogP contribution is 2.28. The normalized spacial score (nSPS) is 11.8. The van der Waals surface area contributed by atoms with Crippen LogP contribution >= 0.6 is 0 Å². The molecule has 19 heavy (non-hydrogen) atoms. The zero-order valence-corrected chi connectivity index (χ0v) is 11.8. The van der Waals surface area contributed by atoms with Gasteiger partial charge in [-0.15, -0.1) is 0 Å². The quantitative estimate of drug-likeness (QED) is 0.789. The summed E-state index contributed by atoms with van der Waals surface area (Å²) in [4.78, 5) is 13.0. The Morgan fingerprint density at radius 1 is 1.42 bits per heavy atom. The minimum atomic E-state index is -0.775. The Labute approximate surface area is 113 Å². The summed E-state index contributed by atoms with van der Waals surface area (Å²) in [5, 5.41) is 9.83. The summed E-state index contributed by atoms with van der Waals surface area (Å²) in [6, 6.07) is 5.82. The monoisotopic (exact) mass is 267 g/mol. The number of methoxy groups -OCH3 is 2. The van der Waals surface area contributed by atoms with Crippen molar-refractivity contribution in [2.75, 3.05) is 32.7 Å². The maximum atomic E-state index is 11.1. The molecule has 0 aliphatic rings. The Morgan fingerprint density at radius 3 is 2.68 bits per heavy atom. The number of aliphatic hydroxyl groups excluding tert-OH is 1. The van der Waals surface area contributed by atoms with Crippen LogP contribution in [0, 0.1) is 6.92 Å². The number of carbonyl (C=O) groups excluding carboxylic acids is 1. The molecule has 0 bridgehead atoms. The van der Waals surface area contributed by atoms with Gasteiger partial charge < -0.3 is 19.5 Å². The number of aliphatic hydroxyl groups is 1. The van der Waals surface area contributed by atoms with Gasteiger partial charge in [-0.3, -0.25) is 4.79 Å². The largest absolute Gasteiger partial charge is 0.495 e. The lowest BCUT2D eigenvalue weighted by Gasteiger charge is -2.24. The van der Waals surface area contributed by atoms with E-state index in [1.807, 2.05) is 37.1 Å². The number of carbonyl (C=O) groups is 1. The van der Waals surface area contributed by atoms with Crippen molar-refractivity contribution in [3.63, 3.8) is 0 Å². The van der Waals surface area contributed by atoms with Crippen molar-refractivity contribution >= 4 is 11.7 Å². The molecule has 1 unspecified atom stereocenters. The second-order valence-corrected chi connectivity index (χ2v) is 4.49. The Hall–Kier alpha value is -1.75. The van der Waals surface area contributed by atoms with Crippen LogP contribution in [0.25, 0.3) is 0 Å². The molecule has 0 fully saturated rings. The maximum absolute atomic E-state index is 11.1. The first-order chi connectivity index (χ1) is 8.97. The molecular weight excluding hydrogens is 246 g/mol. The first-order valence-corrected chi connectivity index (χ1v) is 6.08. The average Bonchev–Trinajstić information content (AvgIpc) is 2.38. The fourth-order valence-electron chi connectivity index (χ4n) is 1.85. The lowest BCUT2D eigenvalue weighted by Crippen LogP contribution is -2.31. The van der Waals surface area contributed by atoms with E-state index >= 15 is 0 Å². The molecule has 5 nitrogen and oxygen atoms in total. The van der Waals surface area contributed by atoms with Crippen LogP contribution in [-0.4, -0.2) is 45.0 Å². The zero-order valence-electron chi connectivity index (χ0n) is 11.8. The molecule has 0 heterocycles. The smallest absolute Gasteiger partial charge is 0.308 e. The van der Waals surface area contributed by atoms with E-state index in [1.165, 1.54) is 7.11 Å². The third-order valence-corrected chi connectivity index (χ3v) is 2.86. The van der Waals surface area contributed by atoms with Gasteiger partial charge in [-0.1, -0.05) is 6.07 Å². The molecule has 1 N–H and O–H groups in total. The van der Waals surface area contributed by atoms with Gasteiger partial charge in [-0.2, -0.15) is 0 Å². The molecule has 1 rings (SSSR count). The standard InChI is InChI=1S/C14H21NO4/c1-10-5-6-13(18-3)12(7-10)15(2)9-11(16)8-14(17)19-4/h5-7,11,16H,8-9H2,1-4H3. The highest BCUT2D eigenvalue weighted by molar-refractivity contribution is 5.70. The summed E-state index contributed by atoms with van der Waals surface area (Å²) in [6.45, 7) is 2.32. The zero-order chi connectivity index (χ0) is 14.4. The summed E-state index contributed by atoms with van der Waals surface area (Å²) in [6.07, 6.45) is -0.794. The molecule has 0 aliphatic heterocycles. The molecule has 0 spiro atoms. The Balaban J connectivity index is 2.74. The molecule has 0 saturated carbocycles. The predicted molar refractivity (Wildman–Crippen MR) is 73.6 cm³/mol. The third kappa shape index (κ3) is 4.44. The molecule has 0 aromatic heterocycles. The molecule has 1 aromatic rings. The molecule has 0 saturated heterocycles. The van der Waals surface area contributed by atoms with Gasteiger partial charge >= 0.3 is 5.97 Å². The van der Waals surface area contributed by atoms with E-state index in [0.717, 1.165) is 17.0 Å². The summed E-state index contributed by atoms with van der Waals surface area (Å²) < 4.78 is 9.82. The van der Waals surface area contributed by atoms with Crippen molar-refractivity contribution in [3.05, 3.63) is 23.8 Å². The summed E-state index contributed by atoms with van der Waals surface area (Å²) >= 11 is 0. The number of likely N-dealkylation sites (N-methyl/N-ethyl adjacent to an activating group) is 1. The van der Waals surface area contributed by atoms with Gasteiger partial charge in [-0.05, 0) is 24.6 Å². The van der Waals surface area contributed by atoms with Gasteiger partial charge in [0, 0.05) is 13.6 Å². The lowest BCUT2D eigenvalue weighted by atomic mass is 10.1. The van der Waals surface area contributed by atoms with Gasteiger partial charge in [0.25, 0.3) is 0 Å². The van der Waals surface area contributed by atoms with Gasteiger partial charge in [0.15, 0.2) is 0 Å². The van der Waals surface area contributed by atoms with Crippen LogP contribution in [0.1, 0.15) is 12.0 Å². The van der Waals surface area contributed by atoms with Crippen LogP contribution in [0.4, 0.5) is 5.69 Å². The number of nitrogens with zero attached hydrogens (tertiary/aromatic N) is 1. The molecule has 1 atom stereocenters. The van der Waals surface area contributed by atoms with Crippen LogP contribution in [0.15, 0.2) is 18.2 Å². The van der Waals surface area contributed by atoms with E-state index in [1.54, 1.807) is 7.11 Å². The molecule has 0 radical (unpaired) electrons. The van der Waals surface area contributed by atoms with Crippen molar-refractivity contribution in [2.24, 2.45) is 0 Å². The molecular formula is C14H21NO4. The highest BCUT2D eigenvalue weighted by Gasteiger charge is 2.16. The van der Waals surface area contributed by atoms with Crippen molar-refractivity contribution < 1.29 is 19.4 Å². The topological polar surface area (TPSA) is 59.0 Å². The number of hydrogen-bond donors (Lipinski definition) is 1. The number of esters is 1. The summed E-state index contributed by atoms with van der Waals surface area (Å²) in [7, 11) is 4.76. The second-order valence-electron chi connectivity index (χ2n) is 4.49. The number of anilines is 1. The molecule has 0 amide bonds. The van der Waals surface area contributed by atoms with Crippen molar-refractivity contribution in [3.8, 4) is 5.75 Å². The number of aryl methyl sites for hydroxylation is 1. The van der Waals surface area contributed by atoms with E-state index in [2.05, 4.69) is 4.74 Å². The number of benzene rings is 1. The SMILES string of the molecule is COC(=O)CC(O)CN(C)c1cc(C)ccc1OC. The first-order valence-electron chi connectivity index (χ1n) is 6.08. The van der Waals surface area contributed by atoms with E-state index in [-0.39, 0.29) is 6.42 Å². The molecule has 106 valence electrons. The average molecular weight is 267 g/mol. The summed E-state index contributed by atoms with van der Waals surface area (Å²) in [5.41, 5.74) is 1.98. The summed E-state index contributed by atoms with van der Waals surface area (Å²) in [5.74, 6) is 0.315. The van der Waals surface area contributed by atoms with E-state index < -0.39 is 12.1 Å². The number of rotatable bonds is 6. The van der Waals surface area contributed by atoms with Gasteiger partial charge in [0.2, 0.25) is 0 Å². The molecule has 1 aromatic carbocycles. The fourth-order valence-corrected chi connectivity index (χ4v) is 1.85. The predicted octanol–water partition coefficient (Wildman–Crippen LogP) is 1.36. The van der Waals surface area contributed by atoms with Gasteiger partial charge in [0.05, 0.1) is 32.4 Å². The van der Waals surface area contributed by atoms with E-state index in [9.17, 15) is 9.90 Å². The molecule has 5 heteroatoms. The molecule has 0 aliphatic carbocycles. The van der Waals surface area contributed by atoms with Crippen LogP contribution in [0.2, 0.25) is 0 Å². The minimum Gasteiger partial charge on any atom is -0.495 e. The minimum absolute atomic E-state index is 0.0189. The lowest BCUT2D eigenvalue weighted by molar-refractivity contribution is -0.142. The Bertz CT molecular complexity index is 433. The number of hydrogen-bond acceptors (Lipinski definition) is 5. The first kappa shape index (κ1) is 15.3. The van der Waals surface area contributed by atoms with Gasteiger partial charge in [-0.25, -0.2) is 0 Å². The maximum Gasteiger partial charge on any atom is 0.308 e. The Kier molecular flexibility index (Phi) is 5.63. The highest BCUT2D eigenvalue weighted by atomic mass is 16.5. The van der Waals surface area contributed by atoms with Crippen LogP contribution in [-0.2, 0) is 9.53 Å². The van der Waals surface area contributed by atoms with Gasteiger partial charge in [0.1, 0.15) is 5.75 Å². The third-order valence-electron chi connectivity index (χ3n) is 2.86. The van der Waals surface area contributed by atoms with E-state index in [0.29, 0.717) is 6.54 Å². The van der Waals surface area contributed by atoms with Crippen molar-refractivity contribution in [1.82, 2.24) is 0 Å². The fraction of sp³-hybridized carbons (Fsp3) is 0.500. The van der Waals surface area contributed by atoms with Crippen molar-refractivity contribution in [1.29, 1.82) is 0 Å². The second kappa shape index (κ2) is 6.99. The number of ether oxygens (including phenoxy) is 2. The van der Waals surface area contributed by atoms with E-state index in [4.69, 9.17) is 4.74 Å². The van der Waals surface area contributed by atoms with Crippen molar-refractivity contribution in [2.45, 2.75) is 19.4 Å². The van der Waals surface area contributed by atoms with Crippen LogP contribution in [0.3, 0.4) is 0 Å². The van der Waals surface area contributed by atoms with Crippen LogP contribution < -0.4 is 9.64 Å².